The van der Waals surface area contributed by atoms with Crippen LogP contribution in [0.15, 0.2) is 18.2 Å². The van der Waals surface area contributed by atoms with E-state index in [0.717, 1.165) is 23.1 Å². The number of aromatic nitrogens is 4. The number of methoxy groups -OCH3 is 1. The van der Waals surface area contributed by atoms with Crippen molar-refractivity contribution in [1.29, 1.82) is 0 Å². The molecule has 0 spiro atoms. The fraction of sp³-hybridized carbons (Fsp3) is 0.471. The molecule has 1 unspecified atom stereocenters. The smallest absolute Gasteiger partial charge is 0.410 e. The van der Waals surface area contributed by atoms with E-state index < -0.39 is 18.1 Å². The molecule has 0 bridgehead atoms. The van der Waals surface area contributed by atoms with Gasteiger partial charge in [-0.3, -0.25) is 4.90 Å². The van der Waals surface area contributed by atoms with E-state index in [1.807, 2.05) is 12.1 Å². The fourth-order valence-corrected chi connectivity index (χ4v) is 3.09. The number of ether oxygens (including phenoxy) is 2. The summed E-state index contributed by atoms with van der Waals surface area (Å²) >= 11 is 0. The van der Waals surface area contributed by atoms with Crippen LogP contribution in [-0.4, -0.2) is 57.3 Å². The Balaban J connectivity index is 1.79. The minimum absolute atomic E-state index is 0.266. The molecule has 0 fully saturated rings. The number of fused-ring (bicyclic) bond motifs is 1. The van der Waals surface area contributed by atoms with Crippen LogP contribution in [0.2, 0.25) is 0 Å². The normalized spacial score (nSPS) is 16.1. The van der Waals surface area contributed by atoms with Gasteiger partial charge in [-0.15, -0.1) is 10.2 Å². The quantitative estimate of drug-likeness (QED) is 0.794. The maximum Gasteiger partial charge on any atom is 0.410 e. The van der Waals surface area contributed by atoms with E-state index in [1.165, 1.54) is 12.0 Å². The lowest BCUT2D eigenvalue weighted by atomic mass is 9.91. The summed E-state index contributed by atoms with van der Waals surface area (Å²) in [7, 11) is 1.31. The van der Waals surface area contributed by atoms with Crippen molar-refractivity contribution in [2.45, 2.75) is 38.8 Å². The number of benzene rings is 1. The Morgan fingerprint density at radius 3 is 2.85 bits per heavy atom. The highest BCUT2D eigenvalue weighted by Crippen LogP contribution is 2.26. The van der Waals surface area contributed by atoms with Gasteiger partial charge in [0.2, 0.25) is 0 Å². The van der Waals surface area contributed by atoms with Crippen molar-refractivity contribution in [3.8, 4) is 0 Å². The van der Waals surface area contributed by atoms with Crippen LogP contribution in [0.25, 0.3) is 0 Å². The molecule has 138 valence electrons. The number of H-pyrrole nitrogens is 1. The first-order chi connectivity index (χ1) is 12.6. The zero-order chi connectivity index (χ0) is 18.5. The number of esters is 1. The average Bonchev–Trinajstić information content (AvgIpc) is 3.18. The summed E-state index contributed by atoms with van der Waals surface area (Å²) in [5.74, 6) is 0.240. The van der Waals surface area contributed by atoms with Crippen LogP contribution in [0.4, 0.5) is 4.79 Å². The number of nitrogens with one attached hydrogen (secondary N) is 1. The van der Waals surface area contributed by atoms with E-state index in [4.69, 9.17) is 9.47 Å². The van der Waals surface area contributed by atoms with Gasteiger partial charge in [-0.25, -0.2) is 9.59 Å². The number of amides is 1. The summed E-state index contributed by atoms with van der Waals surface area (Å²) in [5, 5.41) is 13.9. The second kappa shape index (κ2) is 7.94. The zero-order valence-corrected chi connectivity index (χ0v) is 14.8. The average molecular weight is 359 g/mol. The summed E-state index contributed by atoms with van der Waals surface area (Å²) in [4.78, 5) is 25.8. The van der Waals surface area contributed by atoms with Gasteiger partial charge in [0.25, 0.3) is 0 Å². The van der Waals surface area contributed by atoms with Gasteiger partial charge in [0.05, 0.1) is 20.3 Å². The Hall–Kier alpha value is -2.97. The number of carbonyl (C=O) groups excluding carboxylic acids is 2. The number of hydrogen-bond acceptors (Lipinski definition) is 7. The monoisotopic (exact) mass is 359 g/mol. The third kappa shape index (κ3) is 3.81. The third-order valence-electron chi connectivity index (χ3n) is 4.40. The van der Waals surface area contributed by atoms with Gasteiger partial charge in [0, 0.05) is 12.8 Å². The second-order valence-corrected chi connectivity index (χ2v) is 6.00. The number of aromatic amines is 1. The largest absolute Gasteiger partial charge is 0.464 e. The first-order valence-corrected chi connectivity index (χ1v) is 8.46. The van der Waals surface area contributed by atoms with Crippen LogP contribution in [0.1, 0.15) is 29.4 Å². The predicted molar refractivity (Wildman–Crippen MR) is 90.1 cm³/mol. The molecule has 0 radical (unpaired) electrons. The minimum Gasteiger partial charge on any atom is -0.464 e. The van der Waals surface area contributed by atoms with Crippen LogP contribution < -0.4 is 0 Å². The van der Waals surface area contributed by atoms with E-state index in [9.17, 15) is 9.59 Å². The van der Waals surface area contributed by atoms with Gasteiger partial charge >= 0.3 is 12.1 Å². The molecule has 0 saturated heterocycles. The van der Waals surface area contributed by atoms with Gasteiger partial charge < -0.3 is 9.47 Å². The van der Waals surface area contributed by atoms with E-state index in [1.54, 1.807) is 6.92 Å². The van der Waals surface area contributed by atoms with E-state index in [-0.39, 0.29) is 6.61 Å². The Labute approximate surface area is 150 Å². The molecule has 1 aromatic heterocycles. The zero-order valence-electron chi connectivity index (χ0n) is 14.8. The molecule has 26 heavy (non-hydrogen) atoms. The summed E-state index contributed by atoms with van der Waals surface area (Å²) in [6.45, 7) is 2.33. The fourth-order valence-electron chi connectivity index (χ4n) is 3.09. The first-order valence-electron chi connectivity index (χ1n) is 8.46. The molecule has 1 atom stereocenters. The molecule has 2 aromatic rings. The lowest BCUT2D eigenvalue weighted by Crippen LogP contribution is -2.49. The van der Waals surface area contributed by atoms with Crippen LogP contribution in [-0.2, 0) is 40.1 Å². The summed E-state index contributed by atoms with van der Waals surface area (Å²) in [6, 6.07) is 5.38. The maximum atomic E-state index is 12.3. The molecule has 0 aliphatic carbocycles. The Bertz CT molecular complexity index is 777. The summed E-state index contributed by atoms with van der Waals surface area (Å²) < 4.78 is 9.96. The highest BCUT2D eigenvalue weighted by molar-refractivity contribution is 5.82. The van der Waals surface area contributed by atoms with E-state index in [0.29, 0.717) is 25.2 Å². The Kier molecular flexibility index (Phi) is 5.45. The van der Waals surface area contributed by atoms with Crippen LogP contribution >= 0.6 is 0 Å². The van der Waals surface area contributed by atoms with Crippen LogP contribution in [0, 0.1) is 0 Å². The van der Waals surface area contributed by atoms with Crippen molar-refractivity contribution in [2.24, 2.45) is 0 Å². The van der Waals surface area contributed by atoms with Gasteiger partial charge in [-0.2, -0.15) is 5.21 Å². The molecule has 9 nitrogen and oxygen atoms in total. The number of carbonyl (C=O) groups is 2. The number of rotatable bonds is 5. The molecule has 1 aliphatic rings. The highest BCUT2D eigenvalue weighted by Gasteiger charge is 2.36. The van der Waals surface area contributed by atoms with Gasteiger partial charge in [-0.05, 0) is 30.0 Å². The van der Waals surface area contributed by atoms with E-state index >= 15 is 0 Å². The maximum absolute atomic E-state index is 12.3. The number of aryl methyl sites for hydroxylation is 2. The van der Waals surface area contributed by atoms with Crippen LogP contribution in [0.3, 0.4) is 0 Å². The van der Waals surface area contributed by atoms with Crippen molar-refractivity contribution in [3.63, 3.8) is 0 Å². The topological polar surface area (TPSA) is 110 Å². The van der Waals surface area contributed by atoms with Crippen molar-refractivity contribution in [2.75, 3.05) is 13.7 Å². The van der Waals surface area contributed by atoms with Crippen LogP contribution in [0.5, 0.6) is 0 Å². The highest BCUT2D eigenvalue weighted by atomic mass is 16.6. The molecular weight excluding hydrogens is 338 g/mol. The van der Waals surface area contributed by atoms with Crippen molar-refractivity contribution in [1.82, 2.24) is 25.5 Å². The Morgan fingerprint density at radius 1 is 1.31 bits per heavy atom. The number of hydrogen-bond donors (Lipinski definition) is 1. The second-order valence-electron chi connectivity index (χ2n) is 6.00. The molecule has 3 rings (SSSR count). The van der Waals surface area contributed by atoms with E-state index in [2.05, 4.69) is 26.7 Å². The number of tetrazole rings is 1. The summed E-state index contributed by atoms with van der Waals surface area (Å²) in [5.41, 5.74) is 3.15. The lowest BCUT2D eigenvalue weighted by Gasteiger charge is -2.34. The van der Waals surface area contributed by atoms with Crippen molar-refractivity contribution < 1.29 is 19.1 Å². The molecule has 1 aromatic carbocycles. The minimum atomic E-state index is -0.678. The molecule has 0 saturated carbocycles. The molecule has 2 heterocycles. The summed E-state index contributed by atoms with van der Waals surface area (Å²) in [6.07, 6.45) is 1.30. The molecule has 1 amide bonds. The third-order valence-corrected chi connectivity index (χ3v) is 4.40. The number of nitrogens with zero attached hydrogens (tertiary/aromatic N) is 4. The molecule has 1 aliphatic heterocycles. The Morgan fingerprint density at radius 2 is 2.15 bits per heavy atom. The van der Waals surface area contributed by atoms with Crippen molar-refractivity contribution in [3.05, 3.63) is 40.7 Å². The predicted octanol–water partition coefficient (Wildman–Crippen LogP) is 1.04. The molecular formula is C17H21N5O4. The molecule has 9 heteroatoms. The SMILES string of the molecule is CCOC(=O)C1Cc2cc(CCc3nn[nH]n3)ccc2CN1C(=O)OC. The first kappa shape index (κ1) is 17.8. The van der Waals surface area contributed by atoms with Gasteiger partial charge in [0.1, 0.15) is 6.04 Å². The molecule has 1 N–H and O–H groups in total. The standard InChI is InChI=1S/C17H21N5O4/c1-3-26-16(23)14-9-13-8-11(5-7-15-18-20-21-19-15)4-6-12(13)10-22(14)17(24)25-2/h4,6,8,14H,3,5,7,9-10H2,1-2H3,(H,18,19,20,21). The van der Waals surface area contributed by atoms with Gasteiger partial charge in [0.15, 0.2) is 5.82 Å². The van der Waals surface area contributed by atoms with Crippen molar-refractivity contribution >= 4 is 12.1 Å². The van der Waals surface area contributed by atoms with Gasteiger partial charge in [-0.1, -0.05) is 23.4 Å². The lowest BCUT2D eigenvalue weighted by molar-refractivity contribution is -0.149.